The fourth-order valence-corrected chi connectivity index (χ4v) is 2.71. The van der Waals surface area contributed by atoms with Crippen molar-refractivity contribution in [1.29, 1.82) is 0 Å². The topological polar surface area (TPSA) is 52.0 Å². The molecular weight excluding hydrogens is 348 g/mol. The van der Waals surface area contributed by atoms with Crippen molar-refractivity contribution in [2.75, 3.05) is 46.0 Å². The van der Waals surface area contributed by atoms with Crippen LogP contribution in [0.4, 0.5) is 0 Å². The molecule has 1 aromatic rings. The monoisotopic (exact) mass is 371 g/mol. The molecule has 1 amide bonds. The van der Waals surface area contributed by atoms with Gasteiger partial charge in [0, 0.05) is 4.47 Å². The van der Waals surface area contributed by atoms with Gasteiger partial charge in [-0.05, 0) is 37.1 Å². The summed E-state index contributed by atoms with van der Waals surface area (Å²) in [4.78, 5) is 13.3. The summed E-state index contributed by atoms with van der Waals surface area (Å²) in [5, 5.41) is 2.91. The van der Waals surface area contributed by atoms with Crippen LogP contribution >= 0.6 is 15.9 Å². The number of benzene rings is 1. The summed E-state index contributed by atoms with van der Waals surface area (Å²) in [6.45, 7) is 9.35. The number of hydrogen-bond acceptors (Lipinski definition) is 3. The lowest BCUT2D eigenvalue weighted by Crippen LogP contribution is -3.14. The second-order valence-corrected chi connectivity index (χ2v) is 6.42. The third-order valence-electron chi connectivity index (χ3n) is 3.78. The molecule has 2 rings (SSSR count). The predicted octanol–water partition coefficient (Wildman–Crippen LogP) is 0.476. The van der Waals surface area contributed by atoms with Gasteiger partial charge in [0.25, 0.3) is 5.91 Å². The van der Waals surface area contributed by atoms with E-state index in [4.69, 9.17) is 9.47 Å². The number of aryl methyl sites for hydroxylation is 2. The largest absolute Gasteiger partial charge is 0.484 e. The molecule has 22 heavy (non-hydrogen) atoms. The molecule has 2 N–H and O–H groups in total. The Kier molecular flexibility index (Phi) is 6.67. The maximum atomic E-state index is 11.8. The number of halogens is 1. The molecule has 1 fully saturated rings. The quantitative estimate of drug-likeness (QED) is 0.764. The minimum absolute atomic E-state index is 0.0545. The standard InChI is InChI=1S/C16H23BrN2O3/c1-12-9-14(10-13(2)16(12)17)22-11-15(20)18-3-4-19-5-7-21-8-6-19/h9-10H,3-8,11H2,1-2H3,(H,18,20)/p+1. The number of ether oxygens (including phenoxy) is 2. The van der Waals surface area contributed by atoms with Crippen LogP contribution in [0.5, 0.6) is 5.75 Å². The van der Waals surface area contributed by atoms with Gasteiger partial charge in [-0.25, -0.2) is 0 Å². The van der Waals surface area contributed by atoms with Crippen molar-refractivity contribution in [3.8, 4) is 5.75 Å². The van der Waals surface area contributed by atoms with Crippen LogP contribution in [-0.4, -0.2) is 51.9 Å². The summed E-state index contributed by atoms with van der Waals surface area (Å²) in [6.07, 6.45) is 0. The molecule has 0 spiro atoms. The Morgan fingerprint density at radius 2 is 1.95 bits per heavy atom. The number of rotatable bonds is 6. The van der Waals surface area contributed by atoms with E-state index in [2.05, 4.69) is 21.2 Å². The Morgan fingerprint density at radius 3 is 2.59 bits per heavy atom. The van der Waals surface area contributed by atoms with Crippen molar-refractivity contribution in [3.63, 3.8) is 0 Å². The van der Waals surface area contributed by atoms with E-state index in [0.717, 1.165) is 54.2 Å². The van der Waals surface area contributed by atoms with E-state index in [0.29, 0.717) is 6.54 Å². The van der Waals surface area contributed by atoms with E-state index < -0.39 is 0 Å². The van der Waals surface area contributed by atoms with Gasteiger partial charge in [0.1, 0.15) is 18.8 Å². The normalized spacial score (nSPS) is 15.6. The van der Waals surface area contributed by atoms with Crippen LogP contribution in [0.2, 0.25) is 0 Å². The van der Waals surface area contributed by atoms with Crippen LogP contribution in [0, 0.1) is 13.8 Å². The molecule has 0 saturated carbocycles. The fourth-order valence-electron chi connectivity index (χ4n) is 2.48. The molecule has 1 aromatic carbocycles. The molecule has 5 nitrogen and oxygen atoms in total. The van der Waals surface area contributed by atoms with Gasteiger partial charge >= 0.3 is 0 Å². The molecule has 0 aliphatic carbocycles. The first-order valence-corrected chi connectivity index (χ1v) is 8.43. The van der Waals surface area contributed by atoms with Gasteiger partial charge in [-0.1, -0.05) is 15.9 Å². The number of quaternary nitrogens is 1. The average Bonchev–Trinajstić information content (AvgIpc) is 2.51. The van der Waals surface area contributed by atoms with Crippen molar-refractivity contribution >= 4 is 21.8 Å². The Hall–Kier alpha value is -1.11. The number of carbonyl (C=O) groups is 1. The highest BCUT2D eigenvalue weighted by Crippen LogP contribution is 2.26. The van der Waals surface area contributed by atoms with Gasteiger partial charge < -0.3 is 19.7 Å². The minimum atomic E-state index is -0.0779. The van der Waals surface area contributed by atoms with Crippen LogP contribution in [-0.2, 0) is 9.53 Å². The summed E-state index contributed by atoms with van der Waals surface area (Å²) in [6, 6.07) is 3.87. The highest BCUT2D eigenvalue weighted by Gasteiger charge is 2.13. The number of nitrogens with one attached hydrogen (secondary N) is 2. The molecule has 0 atom stereocenters. The van der Waals surface area contributed by atoms with E-state index in [1.54, 1.807) is 0 Å². The van der Waals surface area contributed by atoms with Crippen LogP contribution in [0.3, 0.4) is 0 Å². The zero-order valence-corrected chi connectivity index (χ0v) is 14.8. The van der Waals surface area contributed by atoms with Crippen LogP contribution < -0.4 is 15.0 Å². The average molecular weight is 372 g/mol. The highest BCUT2D eigenvalue weighted by atomic mass is 79.9. The third kappa shape index (κ3) is 5.26. The first-order chi connectivity index (χ1) is 10.6. The third-order valence-corrected chi connectivity index (χ3v) is 5.03. The summed E-state index contributed by atoms with van der Waals surface area (Å²) >= 11 is 3.52. The number of carbonyl (C=O) groups excluding carboxylic acids is 1. The van der Waals surface area contributed by atoms with Crippen molar-refractivity contribution in [3.05, 3.63) is 27.7 Å². The Morgan fingerprint density at radius 1 is 1.32 bits per heavy atom. The molecular formula is C16H24BrN2O3+. The summed E-state index contributed by atoms with van der Waals surface area (Å²) in [7, 11) is 0. The summed E-state index contributed by atoms with van der Waals surface area (Å²) in [5.74, 6) is 0.651. The van der Waals surface area contributed by atoms with Gasteiger partial charge in [0.15, 0.2) is 6.61 Å². The van der Waals surface area contributed by atoms with E-state index >= 15 is 0 Å². The lowest BCUT2D eigenvalue weighted by Gasteiger charge is -2.23. The zero-order chi connectivity index (χ0) is 15.9. The van der Waals surface area contributed by atoms with Crippen LogP contribution in [0.25, 0.3) is 0 Å². The SMILES string of the molecule is Cc1cc(OCC(=O)NCC[NH+]2CCOCC2)cc(C)c1Br. The smallest absolute Gasteiger partial charge is 0.258 e. The van der Waals surface area contributed by atoms with Crippen LogP contribution in [0.1, 0.15) is 11.1 Å². The number of morpholine rings is 1. The number of amides is 1. The molecule has 1 saturated heterocycles. The van der Waals surface area contributed by atoms with Crippen molar-refractivity contribution in [2.24, 2.45) is 0 Å². The molecule has 6 heteroatoms. The molecule has 1 aliphatic heterocycles. The van der Waals surface area contributed by atoms with E-state index in [-0.39, 0.29) is 12.5 Å². The van der Waals surface area contributed by atoms with Gasteiger partial charge in [0.2, 0.25) is 0 Å². The molecule has 1 heterocycles. The van der Waals surface area contributed by atoms with Gasteiger partial charge in [-0.3, -0.25) is 4.79 Å². The Bertz CT molecular complexity index is 493. The Balaban J connectivity index is 1.69. The van der Waals surface area contributed by atoms with E-state index in [9.17, 15) is 4.79 Å². The van der Waals surface area contributed by atoms with Gasteiger partial charge in [0.05, 0.1) is 26.3 Å². The Labute approximate surface area is 140 Å². The van der Waals surface area contributed by atoms with E-state index in [1.807, 2.05) is 26.0 Å². The lowest BCUT2D eigenvalue weighted by molar-refractivity contribution is -0.906. The molecule has 0 bridgehead atoms. The van der Waals surface area contributed by atoms with Crippen LogP contribution in [0.15, 0.2) is 16.6 Å². The summed E-state index contributed by atoms with van der Waals surface area (Å²) in [5.41, 5.74) is 2.21. The maximum Gasteiger partial charge on any atom is 0.258 e. The second-order valence-electron chi connectivity index (χ2n) is 5.62. The van der Waals surface area contributed by atoms with Crippen molar-refractivity contribution in [2.45, 2.75) is 13.8 Å². The van der Waals surface area contributed by atoms with Gasteiger partial charge in [-0.15, -0.1) is 0 Å². The fraction of sp³-hybridized carbons (Fsp3) is 0.562. The predicted molar refractivity (Wildman–Crippen MR) is 88.5 cm³/mol. The molecule has 0 aromatic heterocycles. The minimum Gasteiger partial charge on any atom is -0.484 e. The lowest BCUT2D eigenvalue weighted by atomic mass is 10.1. The first-order valence-electron chi connectivity index (χ1n) is 7.64. The maximum absolute atomic E-state index is 11.8. The van der Waals surface area contributed by atoms with Crippen molar-refractivity contribution in [1.82, 2.24) is 5.32 Å². The molecule has 122 valence electrons. The highest BCUT2D eigenvalue weighted by molar-refractivity contribution is 9.10. The summed E-state index contributed by atoms with van der Waals surface area (Å²) < 4.78 is 12.0. The molecule has 0 unspecified atom stereocenters. The molecule has 1 aliphatic rings. The zero-order valence-electron chi connectivity index (χ0n) is 13.2. The number of hydrogen-bond donors (Lipinski definition) is 2. The van der Waals surface area contributed by atoms with Crippen molar-refractivity contribution < 1.29 is 19.2 Å². The molecule has 0 radical (unpaired) electrons. The first kappa shape index (κ1) is 17.2. The van der Waals surface area contributed by atoms with E-state index in [1.165, 1.54) is 4.90 Å². The van der Waals surface area contributed by atoms with Gasteiger partial charge in [-0.2, -0.15) is 0 Å². The second kappa shape index (κ2) is 8.50.